The van der Waals surface area contributed by atoms with Crippen molar-refractivity contribution in [2.24, 2.45) is 5.92 Å². The van der Waals surface area contributed by atoms with E-state index in [0.717, 1.165) is 18.2 Å². The second-order valence-corrected chi connectivity index (χ2v) is 10.3. The predicted octanol–water partition coefficient (Wildman–Crippen LogP) is 1.21. The van der Waals surface area contributed by atoms with Crippen molar-refractivity contribution >= 4 is 38.2 Å². The van der Waals surface area contributed by atoms with Gasteiger partial charge in [-0.3, -0.25) is 22.4 Å². The first-order valence-corrected chi connectivity index (χ1v) is 12.8. The number of sulfonamides is 1. The molecule has 1 unspecified atom stereocenters. The van der Waals surface area contributed by atoms with E-state index < -0.39 is 16.1 Å². The zero-order valence-corrected chi connectivity index (χ0v) is 21.1. The van der Waals surface area contributed by atoms with Crippen LogP contribution in [0.15, 0.2) is 41.7 Å². The molecule has 1 amide bonds. The van der Waals surface area contributed by atoms with E-state index in [2.05, 4.69) is 20.0 Å². The molecule has 2 aromatic rings. The van der Waals surface area contributed by atoms with Crippen molar-refractivity contribution in [2.75, 3.05) is 11.1 Å². The van der Waals surface area contributed by atoms with E-state index in [1.54, 1.807) is 24.5 Å². The number of nitrogens with zero attached hydrogens (tertiary/aromatic N) is 2. The molecule has 2 aromatic heterocycles. The molecule has 0 radical (unpaired) electrons. The minimum absolute atomic E-state index is 0. The number of anilines is 1. The van der Waals surface area contributed by atoms with Crippen molar-refractivity contribution in [1.82, 2.24) is 14.7 Å². The van der Waals surface area contributed by atoms with Crippen molar-refractivity contribution in [3.05, 3.63) is 60.5 Å². The standard InChI is InChI=1S/C25H30N4O3S.Li/c1-6-10-33(31,32)29-22(7-2)17(4)11-16(3)18(5)20-12-21-15-27-24(13-23(21)26-14-20)28-25(30)19-8-9-19;/h4-5,11-15,19,22,29H,6-10H2,1-3H3,(H,27,28,30);/q-2;+1/b16-11-;. The van der Waals surface area contributed by atoms with Crippen LogP contribution >= 0.6 is 0 Å². The number of carbonyl (C=O) groups is 1. The van der Waals surface area contributed by atoms with Gasteiger partial charge >= 0.3 is 18.9 Å². The first-order valence-electron chi connectivity index (χ1n) is 11.1. The Balaban J connectivity index is 0.00000408. The van der Waals surface area contributed by atoms with Gasteiger partial charge in [-0.25, -0.2) is 41.4 Å². The Morgan fingerprint density at radius 1 is 1.21 bits per heavy atom. The van der Waals surface area contributed by atoms with E-state index in [-0.39, 0.29) is 36.4 Å². The topological polar surface area (TPSA) is 101 Å². The van der Waals surface area contributed by atoms with E-state index in [4.69, 9.17) is 13.2 Å². The number of aromatic nitrogens is 2. The van der Waals surface area contributed by atoms with E-state index in [0.29, 0.717) is 46.5 Å². The van der Waals surface area contributed by atoms with Gasteiger partial charge in [-0.15, -0.1) is 12.5 Å². The molecule has 3 rings (SSSR count). The second kappa shape index (κ2) is 11.9. The van der Waals surface area contributed by atoms with Gasteiger partial charge in [0.2, 0.25) is 15.9 Å². The molecule has 1 fully saturated rings. The number of rotatable bonds is 11. The van der Waals surface area contributed by atoms with Crippen LogP contribution in [0.1, 0.15) is 52.0 Å². The van der Waals surface area contributed by atoms with Gasteiger partial charge in [0.25, 0.3) is 0 Å². The zero-order chi connectivity index (χ0) is 24.2. The van der Waals surface area contributed by atoms with E-state index >= 15 is 0 Å². The third-order valence-electron chi connectivity index (χ3n) is 5.49. The zero-order valence-electron chi connectivity index (χ0n) is 20.3. The Bertz CT molecular complexity index is 1220. The number of pyridine rings is 2. The molecule has 176 valence electrons. The van der Waals surface area contributed by atoms with E-state index in [1.165, 1.54) is 0 Å². The Labute approximate surface area is 214 Å². The third kappa shape index (κ3) is 7.38. The Morgan fingerprint density at radius 2 is 1.91 bits per heavy atom. The van der Waals surface area contributed by atoms with Crippen LogP contribution in [-0.4, -0.2) is 36.1 Å². The maximum absolute atomic E-state index is 12.1. The SMILES string of the molecule is [CH-]=C(/C(C)=C\C(=[CH-])C(CC)NS(=O)(=O)CCC)c1cnc2cc(NC(=O)C3CC3)ncc2c1.[Li+]. The first-order chi connectivity index (χ1) is 15.6. The number of carbonyl (C=O) groups excluding carboxylic acids is 1. The summed E-state index contributed by atoms with van der Waals surface area (Å²) in [6.45, 7) is 18.0. The molecule has 0 aromatic carbocycles. The molecule has 2 N–H and O–H groups in total. The molecule has 34 heavy (non-hydrogen) atoms. The average molecular weight is 474 g/mol. The maximum Gasteiger partial charge on any atom is 1.00 e. The molecule has 0 saturated heterocycles. The van der Waals surface area contributed by atoms with Crippen LogP contribution < -0.4 is 28.9 Å². The van der Waals surface area contributed by atoms with Gasteiger partial charge in [-0.05, 0) is 31.9 Å². The summed E-state index contributed by atoms with van der Waals surface area (Å²) in [5.41, 5.74) is 2.95. The summed E-state index contributed by atoms with van der Waals surface area (Å²) in [4.78, 5) is 20.7. The molecule has 1 atom stereocenters. The van der Waals surface area contributed by atoms with Crippen molar-refractivity contribution in [3.8, 4) is 0 Å². The minimum Gasteiger partial charge on any atom is -0.310 e. The smallest absolute Gasteiger partial charge is 0.310 e. The van der Waals surface area contributed by atoms with Crippen LogP contribution in [0.3, 0.4) is 0 Å². The summed E-state index contributed by atoms with van der Waals surface area (Å²) < 4.78 is 26.9. The minimum atomic E-state index is -3.39. The van der Waals surface area contributed by atoms with E-state index in [9.17, 15) is 13.2 Å². The van der Waals surface area contributed by atoms with Gasteiger partial charge in [-0.1, -0.05) is 19.9 Å². The van der Waals surface area contributed by atoms with Crippen LogP contribution in [0, 0.1) is 19.1 Å². The molecule has 0 spiro atoms. The second-order valence-electron chi connectivity index (χ2n) is 8.39. The van der Waals surface area contributed by atoms with Crippen LogP contribution in [0.2, 0.25) is 0 Å². The Morgan fingerprint density at radius 3 is 2.53 bits per heavy atom. The normalized spacial score (nSPS) is 14.9. The quantitative estimate of drug-likeness (QED) is 0.290. The number of nitrogens with one attached hydrogen (secondary N) is 2. The van der Waals surface area contributed by atoms with Crippen molar-refractivity contribution < 1.29 is 32.1 Å². The number of hydrogen-bond acceptors (Lipinski definition) is 5. The van der Waals surface area contributed by atoms with Gasteiger partial charge < -0.3 is 5.32 Å². The third-order valence-corrected chi connectivity index (χ3v) is 7.08. The van der Waals surface area contributed by atoms with Crippen LogP contribution in [0.4, 0.5) is 5.82 Å². The fourth-order valence-electron chi connectivity index (χ4n) is 3.40. The number of allylic oxidation sites excluding steroid dienone is 2. The number of hydrogen-bond donors (Lipinski definition) is 2. The largest absolute Gasteiger partial charge is 1.00 e. The molecular weight excluding hydrogens is 443 g/mol. The summed E-state index contributed by atoms with van der Waals surface area (Å²) in [6, 6.07) is 3.09. The summed E-state index contributed by atoms with van der Waals surface area (Å²) in [5, 5.41) is 3.60. The van der Waals surface area contributed by atoms with Gasteiger partial charge in [0, 0.05) is 29.6 Å². The van der Waals surface area contributed by atoms with E-state index in [1.807, 2.05) is 26.8 Å². The molecular formula is C25H30LiN4O3S-. The maximum atomic E-state index is 12.1. The van der Waals surface area contributed by atoms with Crippen LogP contribution in [-0.2, 0) is 14.8 Å². The molecule has 7 nitrogen and oxygen atoms in total. The monoisotopic (exact) mass is 473 g/mol. The fourth-order valence-corrected chi connectivity index (χ4v) is 4.79. The number of amides is 1. The Kier molecular flexibility index (Phi) is 9.83. The molecule has 9 heteroatoms. The summed E-state index contributed by atoms with van der Waals surface area (Å²) in [6.07, 6.45) is 7.89. The summed E-state index contributed by atoms with van der Waals surface area (Å²) >= 11 is 0. The first kappa shape index (κ1) is 28.0. The van der Waals surface area contributed by atoms with Crippen LogP contribution in [0.25, 0.3) is 16.5 Å². The molecule has 1 aliphatic rings. The fraction of sp³-hybridized carbons (Fsp3) is 0.400. The van der Waals surface area contributed by atoms with Gasteiger partial charge in [0.05, 0.1) is 11.3 Å². The Hall–Kier alpha value is -2.24. The van der Waals surface area contributed by atoms with Crippen molar-refractivity contribution in [3.63, 3.8) is 0 Å². The van der Waals surface area contributed by atoms with Crippen LogP contribution in [0.5, 0.6) is 0 Å². The van der Waals surface area contributed by atoms with Gasteiger partial charge in [0.1, 0.15) is 5.82 Å². The van der Waals surface area contributed by atoms with Gasteiger partial charge in [0.15, 0.2) is 0 Å². The van der Waals surface area contributed by atoms with Gasteiger partial charge in [-0.2, -0.15) is 0 Å². The molecule has 0 aliphatic heterocycles. The average Bonchev–Trinajstić information content (AvgIpc) is 3.62. The van der Waals surface area contributed by atoms with Crippen molar-refractivity contribution in [1.29, 1.82) is 0 Å². The number of fused-ring (bicyclic) bond motifs is 1. The summed E-state index contributed by atoms with van der Waals surface area (Å²) in [7, 11) is -3.39. The molecule has 1 saturated carbocycles. The summed E-state index contributed by atoms with van der Waals surface area (Å²) in [5.74, 6) is 0.621. The predicted molar refractivity (Wildman–Crippen MR) is 131 cm³/mol. The molecule has 1 aliphatic carbocycles. The molecule has 0 bridgehead atoms. The van der Waals surface area contributed by atoms with Crippen molar-refractivity contribution in [2.45, 2.75) is 52.5 Å². The molecule has 2 heterocycles.